The lowest BCUT2D eigenvalue weighted by molar-refractivity contribution is -0.137. The standard InChI is InChI=1S/C12H10Cl2O3/c1-2-17-12(16)6-5-11(15)8-3-4-9(13)10(14)7-8/h3-7H,2H2,1H3/b6-5+. The zero-order valence-corrected chi connectivity index (χ0v) is 10.6. The minimum absolute atomic E-state index is 0.268. The summed E-state index contributed by atoms with van der Waals surface area (Å²) in [6, 6.07) is 4.50. The van der Waals surface area contributed by atoms with Gasteiger partial charge < -0.3 is 4.74 Å². The van der Waals surface area contributed by atoms with Crippen molar-refractivity contribution in [2.45, 2.75) is 6.92 Å². The van der Waals surface area contributed by atoms with Gasteiger partial charge in [0.05, 0.1) is 16.7 Å². The molecule has 0 aliphatic carbocycles. The van der Waals surface area contributed by atoms with Crippen molar-refractivity contribution >= 4 is 35.0 Å². The van der Waals surface area contributed by atoms with Gasteiger partial charge in [-0.25, -0.2) is 4.79 Å². The number of carbonyl (C=O) groups excluding carboxylic acids is 2. The molecule has 0 heterocycles. The Kier molecular flexibility index (Phi) is 5.19. The minimum Gasteiger partial charge on any atom is -0.463 e. The first-order chi connectivity index (χ1) is 8.04. The Morgan fingerprint density at radius 3 is 2.53 bits per heavy atom. The summed E-state index contributed by atoms with van der Waals surface area (Å²) in [6.07, 6.45) is 2.21. The highest BCUT2D eigenvalue weighted by Gasteiger charge is 2.06. The van der Waals surface area contributed by atoms with E-state index in [1.165, 1.54) is 18.2 Å². The Balaban J connectivity index is 2.76. The molecule has 0 unspecified atom stereocenters. The van der Waals surface area contributed by atoms with E-state index in [-0.39, 0.29) is 12.4 Å². The van der Waals surface area contributed by atoms with Crippen LogP contribution in [0.2, 0.25) is 10.0 Å². The van der Waals surface area contributed by atoms with Crippen LogP contribution in [0.15, 0.2) is 30.4 Å². The van der Waals surface area contributed by atoms with E-state index in [0.717, 1.165) is 12.2 Å². The van der Waals surface area contributed by atoms with Gasteiger partial charge in [-0.15, -0.1) is 0 Å². The number of ether oxygens (including phenoxy) is 1. The molecular formula is C12H10Cl2O3. The average Bonchev–Trinajstić information content (AvgIpc) is 2.30. The largest absolute Gasteiger partial charge is 0.463 e. The van der Waals surface area contributed by atoms with Gasteiger partial charge in [-0.3, -0.25) is 4.79 Å². The van der Waals surface area contributed by atoms with E-state index in [1.54, 1.807) is 6.92 Å². The summed E-state index contributed by atoms with van der Waals surface area (Å²) in [5, 5.41) is 0.666. The van der Waals surface area contributed by atoms with Crippen LogP contribution in [0, 0.1) is 0 Å². The smallest absolute Gasteiger partial charge is 0.330 e. The van der Waals surface area contributed by atoms with Crippen molar-refractivity contribution in [3.63, 3.8) is 0 Å². The van der Waals surface area contributed by atoms with Crippen molar-refractivity contribution in [3.8, 4) is 0 Å². The maximum absolute atomic E-state index is 11.6. The number of ketones is 1. The maximum Gasteiger partial charge on any atom is 0.330 e. The van der Waals surface area contributed by atoms with Crippen LogP contribution in [-0.2, 0) is 9.53 Å². The number of hydrogen-bond donors (Lipinski definition) is 0. The van der Waals surface area contributed by atoms with Crippen molar-refractivity contribution in [1.29, 1.82) is 0 Å². The Bertz CT molecular complexity index is 467. The van der Waals surface area contributed by atoms with Gasteiger partial charge in [-0.1, -0.05) is 23.2 Å². The van der Waals surface area contributed by atoms with E-state index in [0.29, 0.717) is 15.6 Å². The summed E-state index contributed by atoms with van der Waals surface area (Å²) in [6.45, 7) is 1.96. The highest BCUT2D eigenvalue weighted by molar-refractivity contribution is 6.42. The van der Waals surface area contributed by atoms with E-state index < -0.39 is 5.97 Å². The van der Waals surface area contributed by atoms with Crippen molar-refractivity contribution in [3.05, 3.63) is 46.0 Å². The van der Waals surface area contributed by atoms with E-state index in [1.807, 2.05) is 0 Å². The number of halogens is 2. The number of hydrogen-bond acceptors (Lipinski definition) is 3. The molecule has 0 bridgehead atoms. The third kappa shape index (κ3) is 4.21. The summed E-state index contributed by atoms with van der Waals surface area (Å²) in [7, 11) is 0. The van der Waals surface area contributed by atoms with Crippen molar-refractivity contribution in [2.24, 2.45) is 0 Å². The summed E-state index contributed by atoms with van der Waals surface area (Å²) < 4.78 is 4.65. The zero-order chi connectivity index (χ0) is 12.8. The molecule has 1 aromatic rings. The van der Waals surface area contributed by atoms with E-state index in [4.69, 9.17) is 23.2 Å². The number of esters is 1. The van der Waals surface area contributed by atoms with Crippen LogP contribution in [0.25, 0.3) is 0 Å². The number of carbonyl (C=O) groups is 2. The van der Waals surface area contributed by atoms with Crippen molar-refractivity contribution in [1.82, 2.24) is 0 Å². The molecule has 0 saturated heterocycles. The second kappa shape index (κ2) is 6.42. The highest BCUT2D eigenvalue weighted by Crippen LogP contribution is 2.22. The van der Waals surface area contributed by atoms with Gasteiger partial charge in [0.25, 0.3) is 0 Å². The van der Waals surface area contributed by atoms with Gasteiger partial charge in [0.1, 0.15) is 0 Å². The SMILES string of the molecule is CCOC(=O)/C=C/C(=O)c1ccc(Cl)c(Cl)c1. The third-order valence-electron chi connectivity index (χ3n) is 1.86. The first kappa shape index (κ1) is 13.7. The Morgan fingerprint density at radius 2 is 1.94 bits per heavy atom. The van der Waals surface area contributed by atoms with Crippen LogP contribution in [0.4, 0.5) is 0 Å². The number of allylic oxidation sites excluding steroid dienone is 1. The van der Waals surface area contributed by atoms with E-state index in [2.05, 4.69) is 4.74 Å². The first-order valence-corrected chi connectivity index (χ1v) is 5.64. The molecule has 1 aromatic carbocycles. The normalized spacial score (nSPS) is 10.5. The molecule has 5 heteroatoms. The molecule has 0 radical (unpaired) electrons. The molecule has 3 nitrogen and oxygen atoms in total. The molecule has 0 atom stereocenters. The minimum atomic E-state index is -0.555. The highest BCUT2D eigenvalue weighted by atomic mass is 35.5. The monoisotopic (exact) mass is 272 g/mol. The van der Waals surface area contributed by atoms with Crippen molar-refractivity contribution in [2.75, 3.05) is 6.61 Å². The molecular weight excluding hydrogens is 263 g/mol. The predicted molar refractivity (Wildman–Crippen MR) is 66.6 cm³/mol. The van der Waals surface area contributed by atoms with Crippen molar-refractivity contribution < 1.29 is 14.3 Å². The van der Waals surface area contributed by atoms with Crippen LogP contribution < -0.4 is 0 Å². The van der Waals surface area contributed by atoms with Gasteiger partial charge >= 0.3 is 5.97 Å². The van der Waals surface area contributed by atoms with Gasteiger partial charge in [0, 0.05) is 11.6 Å². The summed E-state index contributed by atoms with van der Waals surface area (Å²) in [5.74, 6) is -0.891. The quantitative estimate of drug-likeness (QED) is 0.480. The number of benzene rings is 1. The third-order valence-corrected chi connectivity index (χ3v) is 2.60. The lowest BCUT2D eigenvalue weighted by Crippen LogP contribution is -2.01. The second-order valence-electron chi connectivity index (χ2n) is 3.08. The fourth-order valence-corrected chi connectivity index (χ4v) is 1.38. The Hall–Kier alpha value is -1.32. The molecule has 90 valence electrons. The summed E-state index contributed by atoms with van der Waals surface area (Å²) in [4.78, 5) is 22.6. The summed E-state index contributed by atoms with van der Waals surface area (Å²) >= 11 is 11.5. The van der Waals surface area contributed by atoms with E-state index in [9.17, 15) is 9.59 Å². The first-order valence-electron chi connectivity index (χ1n) is 4.88. The molecule has 0 amide bonds. The summed E-state index contributed by atoms with van der Waals surface area (Å²) in [5.41, 5.74) is 0.361. The zero-order valence-electron chi connectivity index (χ0n) is 9.07. The Morgan fingerprint density at radius 1 is 1.24 bits per heavy atom. The second-order valence-corrected chi connectivity index (χ2v) is 3.89. The fraction of sp³-hybridized carbons (Fsp3) is 0.167. The topological polar surface area (TPSA) is 43.4 Å². The van der Waals surface area contributed by atoms with Gasteiger partial charge in [-0.05, 0) is 31.2 Å². The molecule has 1 rings (SSSR count). The average molecular weight is 273 g/mol. The number of rotatable bonds is 4. The molecule has 0 aromatic heterocycles. The van der Waals surface area contributed by atoms with Gasteiger partial charge in [0.15, 0.2) is 5.78 Å². The maximum atomic E-state index is 11.6. The van der Waals surface area contributed by atoms with Crippen LogP contribution in [-0.4, -0.2) is 18.4 Å². The predicted octanol–water partition coefficient (Wildman–Crippen LogP) is 3.30. The molecule has 0 aliphatic heterocycles. The van der Waals surface area contributed by atoms with Crippen LogP contribution in [0.3, 0.4) is 0 Å². The molecule has 0 N–H and O–H groups in total. The van der Waals surface area contributed by atoms with Crippen LogP contribution >= 0.6 is 23.2 Å². The molecule has 0 aliphatic rings. The van der Waals surface area contributed by atoms with E-state index >= 15 is 0 Å². The molecule has 17 heavy (non-hydrogen) atoms. The Labute approximate surface area is 109 Å². The lowest BCUT2D eigenvalue weighted by atomic mass is 10.1. The van der Waals surface area contributed by atoms with Gasteiger partial charge in [-0.2, -0.15) is 0 Å². The molecule has 0 spiro atoms. The molecule has 0 saturated carbocycles. The fourth-order valence-electron chi connectivity index (χ4n) is 1.08. The van der Waals surface area contributed by atoms with Gasteiger partial charge in [0.2, 0.25) is 0 Å². The van der Waals surface area contributed by atoms with Crippen LogP contribution in [0.5, 0.6) is 0 Å². The van der Waals surface area contributed by atoms with Crippen LogP contribution in [0.1, 0.15) is 17.3 Å². The lowest BCUT2D eigenvalue weighted by Gasteiger charge is -1.99. The molecule has 0 fully saturated rings.